The van der Waals surface area contributed by atoms with Crippen LogP contribution in [0.4, 0.5) is 13.2 Å². The molecule has 0 saturated heterocycles. The van der Waals surface area contributed by atoms with Crippen molar-refractivity contribution in [2.45, 2.75) is 6.36 Å². The molecule has 24 heavy (non-hydrogen) atoms. The maximum atomic E-state index is 12.4. The molecule has 0 spiro atoms. The second-order valence-corrected chi connectivity index (χ2v) is 4.45. The van der Waals surface area contributed by atoms with Crippen LogP contribution in [0.2, 0.25) is 0 Å². The normalized spacial score (nSPS) is 10.8. The molecular weight excluding hydrogens is 323 g/mol. The van der Waals surface area contributed by atoms with Gasteiger partial charge in [0.05, 0.1) is 5.56 Å². The number of aromatic nitrogens is 3. The molecular formula is C16H8F3N3O2. The summed E-state index contributed by atoms with van der Waals surface area (Å²) < 4.78 is 46.5. The molecule has 0 radical (unpaired) electrons. The number of halogens is 3. The van der Waals surface area contributed by atoms with Crippen molar-refractivity contribution in [3.63, 3.8) is 0 Å². The van der Waals surface area contributed by atoms with E-state index in [9.17, 15) is 13.2 Å². The van der Waals surface area contributed by atoms with Crippen LogP contribution in [0.5, 0.6) is 5.75 Å². The molecule has 3 aromatic rings. The molecule has 0 unspecified atom stereocenters. The third-order valence-electron chi connectivity index (χ3n) is 2.74. The highest BCUT2D eigenvalue weighted by molar-refractivity contribution is 5.62. The van der Waals surface area contributed by atoms with Gasteiger partial charge in [0.2, 0.25) is 0 Å². The molecule has 0 bridgehead atoms. The van der Waals surface area contributed by atoms with Gasteiger partial charge in [-0.05, 0) is 30.2 Å². The van der Waals surface area contributed by atoms with E-state index in [1.54, 1.807) is 24.5 Å². The molecule has 0 saturated carbocycles. The SMILES string of the molecule is FC(F)(F)Oc1ccccc1-c1nnc(C#Cc2cccnc2)o1. The van der Waals surface area contributed by atoms with Gasteiger partial charge >= 0.3 is 6.36 Å². The largest absolute Gasteiger partial charge is 0.573 e. The highest BCUT2D eigenvalue weighted by Gasteiger charge is 2.32. The monoisotopic (exact) mass is 331 g/mol. The molecule has 0 aliphatic heterocycles. The first-order valence-electron chi connectivity index (χ1n) is 6.62. The fourth-order valence-corrected chi connectivity index (χ4v) is 1.80. The van der Waals surface area contributed by atoms with E-state index in [1.165, 1.54) is 18.2 Å². The van der Waals surface area contributed by atoms with Gasteiger partial charge in [-0.15, -0.1) is 18.3 Å². The minimum Gasteiger partial charge on any atom is -0.410 e. The van der Waals surface area contributed by atoms with Gasteiger partial charge in [0, 0.05) is 18.0 Å². The number of pyridine rings is 1. The molecule has 2 heterocycles. The molecule has 0 N–H and O–H groups in total. The van der Waals surface area contributed by atoms with E-state index in [-0.39, 0.29) is 17.3 Å². The van der Waals surface area contributed by atoms with E-state index in [0.717, 1.165) is 6.07 Å². The summed E-state index contributed by atoms with van der Waals surface area (Å²) >= 11 is 0. The van der Waals surface area contributed by atoms with Gasteiger partial charge in [-0.25, -0.2) is 0 Å². The van der Waals surface area contributed by atoms with Crippen LogP contribution in [0.3, 0.4) is 0 Å². The predicted molar refractivity (Wildman–Crippen MR) is 76.6 cm³/mol. The Morgan fingerprint density at radius 3 is 2.58 bits per heavy atom. The van der Waals surface area contributed by atoms with Gasteiger partial charge in [0.15, 0.2) is 0 Å². The molecule has 2 aromatic heterocycles. The van der Waals surface area contributed by atoms with Gasteiger partial charge < -0.3 is 9.15 Å². The predicted octanol–water partition coefficient (Wildman–Crippen LogP) is 3.43. The minimum atomic E-state index is -4.82. The molecule has 8 heteroatoms. The summed E-state index contributed by atoms with van der Waals surface area (Å²) in [6, 6.07) is 8.94. The molecule has 0 atom stereocenters. The second kappa shape index (κ2) is 6.42. The Hall–Kier alpha value is -3.34. The summed E-state index contributed by atoms with van der Waals surface area (Å²) in [6.07, 6.45) is -1.66. The van der Waals surface area contributed by atoms with Crippen LogP contribution < -0.4 is 4.74 Å². The number of hydrogen-bond acceptors (Lipinski definition) is 5. The molecule has 0 amide bonds. The Morgan fingerprint density at radius 2 is 1.83 bits per heavy atom. The quantitative estimate of drug-likeness (QED) is 0.673. The average molecular weight is 331 g/mol. The second-order valence-electron chi connectivity index (χ2n) is 4.45. The van der Waals surface area contributed by atoms with E-state index in [4.69, 9.17) is 4.42 Å². The molecule has 0 fully saturated rings. The topological polar surface area (TPSA) is 61.0 Å². The Balaban J connectivity index is 1.88. The summed E-state index contributed by atoms with van der Waals surface area (Å²) in [7, 11) is 0. The Bertz CT molecular complexity index is 896. The van der Waals surface area contributed by atoms with Crippen molar-refractivity contribution >= 4 is 0 Å². The van der Waals surface area contributed by atoms with Crippen LogP contribution in [0, 0.1) is 11.8 Å². The van der Waals surface area contributed by atoms with Crippen LogP contribution in [0.25, 0.3) is 11.5 Å². The van der Waals surface area contributed by atoms with E-state index in [1.807, 2.05) is 0 Å². The molecule has 3 rings (SSSR count). The maximum Gasteiger partial charge on any atom is 0.573 e. The lowest BCUT2D eigenvalue weighted by Crippen LogP contribution is -2.17. The van der Waals surface area contributed by atoms with Gasteiger partial charge in [-0.2, -0.15) is 0 Å². The minimum absolute atomic E-state index is 0.0248. The summed E-state index contributed by atoms with van der Waals surface area (Å²) in [5.74, 6) is 4.80. The molecule has 1 aromatic carbocycles. The Labute approximate surface area is 134 Å². The van der Waals surface area contributed by atoms with Gasteiger partial charge in [-0.1, -0.05) is 23.2 Å². The fourth-order valence-electron chi connectivity index (χ4n) is 1.80. The van der Waals surface area contributed by atoms with Gasteiger partial charge in [0.1, 0.15) is 5.75 Å². The van der Waals surface area contributed by atoms with Crippen molar-refractivity contribution in [3.8, 4) is 29.0 Å². The number of benzene rings is 1. The Kier molecular flexibility index (Phi) is 4.16. The van der Waals surface area contributed by atoms with Crippen molar-refractivity contribution < 1.29 is 22.3 Å². The first-order valence-corrected chi connectivity index (χ1v) is 6.62. The van der Waals surface area contributed by atoms with E-state index in [2.05, 4.69) is 31.8 Å². The van der Waals surface area contributed by atoms with Crippen LogP contribution in [0.15, 0.2) is 53.2 Å². The van der Waals surface area contributed by atoms with Crippen molar-refractivity contribution in [3.05, 3.63) is 60.2 Å². The number of hydrogen-bond donors (Lipinski definition) is 0. The molecule has 5 nitrogen and oxygen atoms in total. The Morgan fingerprint density at radius 1 is 1.00 bits per heavy atom. The van der Waals surface area contributed by atoms with Crippen LogP contribution >= 0.6 is 0 Å². The van der Waals surface area contributed by atoms with E-state index >= 15 is 0 Å². The lowest BCUT2D eigenvalue weighted by Gasteiger charge is -2.10. The lowest BCUT2D eigenvalue weighted by atomic mass is 10.2. The van der Waals surface area contributed by atoms with Crippen molar-refractivity contribution in [1.29, 1.82) is 0 Å². The molecule has 120 valence electrons. The third kappa shape index (κ3) is 3.89. The number of nitrogens with zero attached hydrogens (tertiary/aromatic N) is 3. The first-order chi connectivity index (χ1) is 11.5. The van der Waals surface area contributed by atoms with Crippen LogP contribution in [-0.4, -0.2) is 21.5 Å². The smallest absolute Gasteiger partial charge is 0.410 e. The number of rotatable bonds is 2. The average Bonchev–Trinajstić information content (AvgIpc) is 3.02. The number of para-hydroxylation sites is 1. The maximum absolute atomic E-state index is 12.4. The van der Waals surface area contributed by atoms with Gasteiger partial charge in [-0.3, -0.25) is 4.98 Å². The summed E-state index contributed by atoms with van der Waals surface area (Å²) in [4.78, 5) is 3.90. The standard InChI is InChI=1S/C16H8F3N3O2/c17-16(18,19)24-13-6-2-1-5-12(13)15-22-21-14(23-15)8-7-11-4-3-9-20-10-11/h1-6,9-10H. The van der Waals surface area contributed by atoms with Crippen LogP contribution in [0.1, 0.15) is 11.5 Å². The molecule has 0 aliphatic rings. The van der Waals surface area contributed by atoms with Crippen molar-refractivity contribution in [1.82, 2.24) is 15.2 Å². The molecule has 0 aliphatic carbocycles. The first kappa shape index (κ1) is 15.6. The zero-order valence-corrected chi connectivity index (χ0v) is 11.9. The highest BCUT2D eigenvalue weighted by atomic mass is 19.4. The lowest BCUT2D eigenvalue weighted by molar-refractivity contribution is -0.274. The summed E-state index contributed by atoms with van der Waals surface area (Å²) in [5.41, 5.74) is 0.662. The van der Waals surface area contributed by atoms with Crippen molar-refractivity contribution in [2.24, 2.45) is 0 Å². The van der Waals surface area contributed by atoms with E-state index < -0.39 is 12.1 Å². The highest BCUT2D eigenvalue weighted by Crippen LogP contribution is 2.32. The summed E-state index contributed by atoms with van der Waals surface area (Å²) in [5, 5.41) is 7.40. The fraction of sp³-hybridized carbons (Fsp3) is 0.0625. The van der Waals surface area contributed by atoms with E-state index in [0.29, 0.717) is 5.56 Å². The zero-order chi connectivity index (χ0) is 17.0. The van der Waals surface area contributed by atoms with Gasteiger partial charge in [0.25, 0.3) is 11.8 Å². The summed E-state index contributed by atoms with van der Waals surface area (Å²) in [6.45, 7) is 0. The number of alkyl halides is 3. The van der Waals surface area contributed by atoms with Crippen LogP contribution in [-0.2, 0) is 0 Å². The number of ether oxygens (including phenoxy) is 1. The third-order valence-corrected chi connectivity index (χ3v) is 2.74. The zero-order valence-electron chi connectivity index (χ0n) is 11.9. The van der Waals surface area contributed by atoms with Crippen molar-refractivity contribution in [2.75, 3.05) is 0 Å².